The van der Waals surface area contributed by atoms with Gasteiger partial charge in [0.25, 0.3) is 5.91 Å². The Morgan fingerprint density at radius 2 is 1.68 bits per heavy atom. The van der Waals surface area contributed by atoms with Crippen LogP contribution in [-0.4, -0.2) is 18.5 Å². The summed E-state index contributed by atoms with van der Waals surface area (Å²) in [5.41, 5.74) is 4.69. The van der Waals surface area contributed by atoms with Crippen molar-refractivity contribution in [1.29, 1.82) is 0 Å². The van der Waals surface area contributed by atoms with Crippen LogP contribution in [0.15, 0.2) is 66.7 Å². The van der Waals surface area contributed by atoms with E-state index in [1.807, 2.05) is 56.3 Å². The third kappa shape index (κ3) is 4.78. The van der Waals surface area contributed by atoms with E-state index in [1.54, 1.807) is 24.3 Å². The van der Waals surface area contributed by atoms with E-state index in [2.05, 4.69) is 5.32 Å². The molecular weight excluding hydrogens is 374 g/mol. The highest BCUT2D eigenvalue weighted by molar-refractivity contribution is 6.31. The molecule has 28 heavy (non-hydrogen) atoms. The molecule has 0 spiro atoms. The number of halogens is 1. The normalized spacial score (nSPS) is 10.4. The number of rotatable bonds is 5. The zero-order valence-electron chi connectivity index (χ0n) is 15.7. The summed E-state index contributed by atoms with van der Waals surface area (Å²) in [6, 6.07) is 20.3. The number of amides is 1. The number of benzene rings is 3. The summed E-state index contributed by atoms with van der Waals surface area (Å²) < 4.78 is 5.23. The number of nitrogens with one attached hydrogen (secondary N) is 1. The van der Waals surface area contributed by atoms with Gasteiger partial charge in [-0.1, -0.05) is 65.7 Å². The second kappa shape index (κ2) is 8.72. The van der Waals surface area contributed by atoms with Gasteiger partial charge in [-0.05, 0) is 48.7 Å². The Bertz CT molecular complexity index is 1010. The Hall–Kier alpha value is -3.11. The van der Waals surface area contributed by atoms with Gasteiger partial charge in [0, 0.05) is 10.7 Å². The van der Waals surface area contributed by atoms with E-state index >= 15 is 0 Å². The van der Waals surface area contributed by atoms with Gasteiger partial charge >= 0.3 is 5.97 Å². The first kappa shape index (κ1) is 19.6. The third-order valence-electron chi connectivity index (χ3n) is 4.32. The highest BCUT2D eigenvalue weighted by Crippen LogP contribution is 2.25. The number of hydrogen-bond acceptors (Lipinski definition) is 3. The first-order chi connectivity index (χ1) is 13.4. The molecule has 3 aromatic rings. The van der Waals surface area contributed by atoms with Crippen LogP contribution in [0.1, 0.15) is 21.5 Å². The standard InChI is InChI=1S/C23H20ClNO3/c1-15-7-10-17(11-8-15)19-5-3-4-6-20(19)23(27)28-14-22(26)25-21-13-18(24)12-9-16(21)2/h3-13H,14H2,1-2H3,(H,25,26). The molecule has 0 aliphatic rings. The van der Waals surface area contributed by atoms with Gasteiger partial charge in [0.1, 0.15) is 0 Å². The van der Waals surface area contributed by atoms with Crippen molar-refractivity contribution in [2.24, 2.45) is 0 Å². The van der Waals surface area contributed by atoms with Crippen LogP contribution in [-0.2, 0) is 9.53 Å². The van der Waals surface area contributed by atoms with Gasteiger partial charge in [0.05, 0.1) is 5.56 Å². The lowest BCUT2D eigenvalue weighted by atomic mass is 9.99. The Morgan fingerprint density at radius 1 is 0.964 bits per heavy atom. The van der Waals surface area contributed by atoms with E-state index in [4.69, 9.17) is 16.3 Å². The zero-order valence-corrected chi connectivity index (χ0v) is 16.4. The molecule has 0 aromatic heterocycles. The number of carbonyl (C=O) groups is 2. The Kier molecular flexibility index (Phi) is 6.12. The van der Waals surface area contributed by atoms with Gasteiger partial charge in [0.2, 0.25) is 0 Å². The molecule has 3 rings (SSSR count). The fourth-order valence-corrected chi connectivity index (χ4v) is 2.94. The summed E-state index contributed by atoms with van der Waals surface area (Å²) in [5.74, 6) is -0.972. The van der Waals surface area contributed by atoms with Crippen LogP contribution in [0.4, 0.5) is 5.69 Å². The van der Waals surface area contributed by atoms with E-state index < -0.39 is 11.9 Å². The molecule has 5 heteroatoms. The molecule has 3 aromatic carbocycles. The van der Waals surface area contributed by atoms with Gasteiger partial charge < -0.3 is 10.1 Å². The Labute approximate surface area is 169 Å². The summed E-state index contributed by atoms with van der Waals surface area (Å²) in [6.45, 7) is 3.48. The topological polar surface area (TPSA) is 55.4 Å². The van der Waals surface area contributed by atoms with Crippen molar-refractivity contribution >= 4 is 29.2 Å². The van der Waals surface area contributed by atoms with Crippen molar-refractivity contribution in [3.63, 3.8) is 0 Å². The molecule has 142 valence electrons. The highest BCUT2D eigenvalue weighted by atomic mass is 35.5. The molecule has 0 saturated carbocycles. The van der Waals surface area contributed by atoms with Crippen LogP contribution in [0, 0.1) is 13.8 Å². The van der Waals surface area contributed by atoms with Crippen LogP contribution in [0.2, 0.25) is 5.02 Å². The fourth-order valence-electron chi connectivity index (χ4n) is 2.77. The second-order valence-electron chi connectivity index (χ2n) is 6.50. The van der Waals surface area contributed by atoms with Crippen molar-refractivity contribution in [2.75, 3.05) is 11.9 Å². The summed E-state index contributed by atoms with van der Waals surface area (Å²) in [6.07, 6.45) is 0. The van der Waals surface area contributed by atoms with E-state index in [-0.39, 0.29) is 6.61 Å². The van der Waals surface area contributed by atoms with E-state index in [0.29, 0.717) is 16.3 Å². The Balaban J connectivity index is 1.69. The summed E-state index contributed by atoms with van der Waals surface area (Å²) >= 11 is 5.96. The van der Waals surface area contributed by atoms with E-state index in [0.717, 1.165) is 22.3 Å². The van der Waals surface area contributed by atoms with Gasteiger partial charge in [-0.15, -0.1) is 0 Å². The molecule has 0 atom stereocenters. The van der Waals surface area contributed by atoms with Crippen molar-refractivity contribution in [2.45, 2.75) is 13.8 Å². The van der Waals surface area contributed by atoms with Gasteiger partial charge in [-0.25, -0.2) is 4.79 Å². The molecule has 0 heterocycles. The molecule has 4 nitrogen and oxygen atoms in total. The number of anilines is 1. The fraction of sp³-hybridized carbons (Fsp3) is 0.130. The van der Waals surface area contributed by atoms with Crippen LogP contribution in [0.25, 0.3) is 11.1 Å². The number of ether oxygens (including phenoxy) is 1. The molecule has 1 N–H and O–H groups in total. The largest absolute Gasteiger partial charge is 0.452 e. The van der Waals surface area contributed by atoms with Crippen molar-refractivity contribution in [3.8, 4) is 11.1 Å². The molecule has 0 fully saturated rings. The average Bonchev–Trinajstić information content (AvgIpc) is 2.69. The minimum absolute atomic E-state index is 0.382. The molecule has 0 unspecified atom stereocenters. The predicted octanol–water partition coefficient (Wildman–Crippen LogP) is 5.42. The van der Waals surface area contributed by atoms with Crippen LogP contribution in [0.5, 0.6) is 0 Å². The molecular formula is C23H20ClNO3. The maximum absolute atomic E-state index is 12.6. The molecule has 0 saturated heterocycles. The lowest BCUT2D eigenvalue weighted by Crippen LogP contribution is -2.21. The quantitative estimate of drug-likeness (QED) is 0.589. The SMILES string of the molecule is Cc1ccc(-c2ccccc2C(=O)OCC(=O)Nc2cc(Cl)ccc2C)cc1. The molecule has 1 amide bonds. The van der Waals surface area contributed by atoms with Gasteiger partial charge in [-0.2, -0.15) is 0 Å². The lowest BCUT2D eigenvalue weighted by molar-refractivity contribution is -0.119. The second-order valence-corrected chi connectivity index (χ2v) is 6.93. The van der Waals surface area contributed by atoms with Crippen LogP contribution in [0.3, 0.4) is 0 Å². The maximum Gasteiger partial charge on any atom is 0.339 e. The summed E-state index contributed by atoms with van der Waals surface area (Å²) in [4.78, 5) is 24.7. The molecule has 0 bridgehead atoms. The van der Waals surface area contributed by atoms with Crippen LogP contribution >= 0.6 is 11.6 Å². The average molecular weight is 394 g/mol. The molecule has 0 aliphatic carbocycles. The predicted molar refractivity (Wildman–Crippen MR) is 112 cm³/mol. The smallest absolute Gasteiger partial charge is 0.339 e. The van der Waals surface area contributed by atoms with E-state index in [1.165, 1.54) is 0 Å². The third-order valence-corrected chi connectivity index (χ3v) is 4.55. The number of hydrogen-bond donors (Lipinski definition) is 1. The first-order valence-corrected chi connectivity index (χ1v) is 9.21. The zero-order chi connectivity index (χ0) is 20.1. The number of esters is 1. The van der Waals surface area contributed by atoms with Crippen molar-refractivity contribution < 1.29 is 14.3 Å². The highest BCUT2D eigenvalue weighted by Gasteiger charge is 2.15. The molecule has 0 radical (unpaired) electrons. The van der Waals surface area contributed by atoms with E-state index in [9.17, 15) is 9.59 Å². The van der Waals surface area contributed by atoms with Crippen LogP contribution < -0.4 is 5.32 Å². The molecule has 0 aliphatic heterocycles. The number of carbonyl (C=O) groups excluding carboxylic acids is 2. The van der Waals surface area contributed by atoms with Crippen molar-refractivity contribution in [1.82, 2.24) is 0 Å². The minimum Gasteiger partial charge on any atom is -0.452 e. The monoisotopic (exact) mass is 393 g/mol. The number of aryl methyl sites for hydroxylation is 2. The Morgan fingerprint density at radius 3 is 2.43 bits per heavy atom. The van der Waals surface area contributed by atoms with Gasteiger partial charge in [0.15, 0.2) is 6.61 Å². The minimum atomic E-state index is -0.547. The summed E-state index contributed by atoms with van der Waals surface area (Å²) in [7, 11) is 0. The lowest BCUT2D eigenvalue weighted by Gasteiger charge is -2.11. The maximum atomic E-state index is 12.6. The first-order valence-electron chi connectivity index (χ1n) is 8.83. The van der Waals surface area contributed by atoms with Gasteiger partial charge in [-0.3, -0.25) is 4.79 Å². The van der Waals surface area contributed by atoms with Crippen molar-refractivity contribution in [3.05, 3.63) is 88.4 Å². The summed E-state index contributed by atoms with van der Waals surface area (Å²) in [5, 5.41) is 3.23.